The fraction of sp³-hybridized carbons (Fsp3) is 0.393. The maximum absolute atomic E-state index is 12.8. The molecule has 4 aromatic heterocycles. The topological polar surface area (TPSA) is 160 Å². The summed E-state index contributed by atoms with van der Waals surface area (Å²) in [5, 5.41) is 23.6. The lowest BCUT2D eigenvalue weighted by molar-refractivity contribution is -0.136. The molecule has 12 nitrogen and oxygen atoms in total. The number of aryl methyl sites for hydroxylation is 2. The number of rotatable bonds is 10. The van der Waals surface area contributed by atoms with E-state index < -0.39 is 5.97 Å². The third-order valence-corrected chi connectivity index (χ3v) is 7.16. The normalized spacial score (nSPS) is 13.8. The molecule has 0 aliphatic heterocycles. The van der Waals surface area contributed by atoms with Crippen LogP contribution in [-0.4, -0.2) is 53.2 Å². The lowest BCUT2D eigenvalue weighted by atomic mass is 9.87. The van der Waals surface area contributed by atoms with E-state index in [-0.39, 0.29) is 12.3 Å². The summed E-state index contributed by atoms with van der Waals surface area (Å²) in [5.74, 6) is 0.525. The van der Waals surface area contributed by atoms with Crippen LogP contribution in [0.1, 0.15) is 60.3 Å². The van der Waals surface area contributed by atoms with Gasteiger partial charge in [-0.1, -0.05) is 32.1 Å². The molecular weight excluding hydrogens is 510 g/mol. The summed E-state index contributed by atoms with van der Waals surface area (Å²) < 4.78 is 1.64. The van der Waals surface area contributed by atoms with E-state index in [1.165, 1.54) is 38.3 Å². The summed E-state index contributed by atoms with van der Waals surface area (Å²) in [4.78, 5) is 41.2. The highest BCUT2D eigenvalue weighted by atomic mass is 16.4. The van der Waals surface area contributed by atoms with Crippen molar-refractivity contribution in [2.45, 2.75) is 51.9 Å². The first-order valence-corrected chi connectivity index (χ1v) is 13.5. The second-order valence-electron chi connectivity index (χ2n) is 10.2. The molecule has 12 heteroatoms. The smallest absolute Gasteiger partial charge is 0.309 e. The minimum atomic E-state index is -0.937. The predicted octanol–water partition coefficient (Wildman–Crippen LogP) is 4.28. The van der Waals surface area contributed by atoms with Gasteiger partial charge in [0.2, 0.25) is 5.95 Å². The van der Waals surface area contributed by atoms with E-state index in [0.29, 0.717) is 57.9 Å². The number of carboxylic acid groups (broad SMARTS) is 1. The summed E-state index contributed by atoms with van der Waals surface area (Å²) in [6.45, 7) is 2.54. The number of hydrogen-bond donors (Lipinski definition) is 4. The number of aromatic nitrogens is 6. The van der Waals surface area contributed by atoms with Crippen LogP contribution in [0.25, 0.3) is 11.0 Å². The molecule has 1 fully saturated rings. The summed E-state index contributed by atoms with van der Waals surface area (Å²) in [6, 6.07) is 5.16. The van der Waals surface area contributed by atoms with E-state index in [0.717, 1.165) is 12.1 Å². The molecule has 0 atom stereocenters. The standard InChI is InChI=1S/C28H33N9O3/c1-17-23(12-19(14-30-17)27(40)29-11-10-18-6-4-3-5-7-18)34-25-22-16-32-28(35-26(22)37(2)36-25)33-21-9-8-20(31-15-21)13-24(38)39/h8-9,12,14-16,18H,3-7,10-11,13H2,1-2H3,(H,29,40)(H,34,36)(H,38,39)(H,32,33,35). The summed E-state index contributed by atoms with van der Waals surface area (Å²) in [7, 11) is 1.79. The molecule has 40 heavy (non-hydrogen) atoms. The van der Waals surface area contributed by atoms with Gasteiger partial charge in [-0.2, -0.15) is 10.1 Å². The molecule has 0 spiro atoms. The minimum Gasteiger partial charge on any atom is -0.481 e. The molecule has 4 aromatic rings. The van der Waals surface area contributed by atoms with E-state index in [4.69, 9.17) is 5.11 Å². The Morgan fingerprint density at radius 1 is 1.05 bits per heavy atom. The highest BCUT2D eigenvalue weighted by molar-refractivity contribution is 5.96. The fourth-order valence-electron chi connectivity index (χ4n) is 4.96. The summed E-state index contributed by atoms with van der Waals surface area (Å²) >= 11 is 0. The van der Waals surface area contributed by atoms with E-state index >= 15 is 0 Å². The first kappa shape index (κ1) is 27.0. The van der Waals surface area contributed by atoms with Gasteiger partial charge < -0.3 is 21.1 Å². The van der Waals surface area contributed by atoms with Crippen molar-refractivity contribution in [3.63, 3.8) is 0 Å². The number of anilines is 4. The van der Waals surface area contributed by atoms with Crippen molar-refractivity contribution in [3.8, 4) is 0 Å². The number of pyridine rings is 2. The molecule has 4 N–H and O–H groups in total. The zero-order valence-corrected chi connectivity index (χ0v) is 22.6. The van der Waals surface area contributed by atoms with Crippen LogP contribution in [0.15, 0.2) is 36.8 Å². The third kappa shape index (κ3) is 6.50. The van der Waals surface area contributed by atoms with Crippen molar-refractivity contribution in [1.29, 1.82) is 0 Å². The van der Waals surface area contributed by atoms with Crippen molar-refractivity contribution in [2.24, 2.45) is 13.0 Å². The maximum atomic E-state index is 12.8. The number of amides is 1. The zero-order chi connectivity index (χ0) is 28.1. The molecule has 0 bridgehead atoms. The van der Waals surface area contributed by atoms with E-state index in [1.54, 1.807) is 42.3 Å². The average molecular weight is 544 g/mol. The molecule has 0 aromatic carbocycles. The lowest BCUT2D eigenvalue weighted by Gasteiger charge is -2.21. The monoisotopic (exact) mass is 543 g/mol. The second kappa shape index (κ2) is 12.1. The van der Waals surface area contributed by atoms with Gasteiger partial charge in [-0.15, -0.1) is 0 Å². The summed E-state index contributed by atoms with van der Waals surface area (Å²) in [5.41, 5.74) is 3.58. The average Bonchev–Trinajstić information content (AvgIpc) is 3.25. The maximum Gasteiger partial charge on any atom is 0.309 e. The number of fused-ring (bicyclic) bond motifs is 1. The van der Waals surface area contributed by atoms with Gasteiger partial charge in [-0.25, -0.2) is 9.67 Å². The highest BCUT2D eigenvalue weighted by Gasteiger charge is 2.17. The van der Waals surface area contributed by atoms with Crippen LogP contribution in [0.5, 0.6) is 0 Å². The Balaban J connectivity index is 1.26. The molecule has 0 saturated heterocycles. The molecule has 0 unspecified atom stereocenters. The van der Waals surface area contributed by atoms with Gasteiger partial charge in [0.25, 0.3) is 5.91 Å². The van der Waals surface area contributed by atoms with Gasteiger partial charge in [-0.05, 0) is 37.5 Å². The fourth-order valence-corrected chi connectivity index (χ4v) is 4.96. The Kier molecular flexibility index (Phi) is 8.13. The lowest BCUT2D eigenvalue weighted by Crippen LogP contribution is -2.26. The predicted molar refractivity (Wildman–Crippen MR) is 151 cm³/mol. The molecule has 1 aliphatic carbocycles. The zero-order valence-electron chi connectivity index (χ0n) is 22.6. The molecule has 1 amide bonds. The second-order valence-corrected chi connectivity index (χ2v) is 10.2. The Labute approximate surface area is 231 Å². The molecule has 1 aliphatic rings. The molecule has 4 heterocycles. The van der Waals surface area contributed by atoms with Crippen LogP contribution in [-0.2, 0) is 18.3 Å². The van der Waals surface area contributed by atoms with Gasteiger partial charge in [0.15, 0.2) is 11.5 Å². The number of carbonyl (C=O) groups is 2. The Hall–Kier alpha value is -4.61. The van der Waals surface area contributed by atoms with Crippen molar-refractivity contribution in [2.75, 3.05) is 17.2 Å². The molecule has 0 radical (unpaired) electrons. The highest BCUT2D eigenvalue weighted by Crippen LogP contribution is 2.28. The van der Waals surface area contributed by atoms with Crippen molar-refractivity contribution in [1.82, 2.24) is 35.0 Å². The first-order chi connectivity index (χ1) is 19.4. The minimum absolute atomic E-state index is 0.137. The number of aliphatic carboxylic acids is 1. The number of nitrogens with one attached hydrogen (secondary N) is 3. The van der Waals surface area contributed by atoms with Crippen molar-refractivity contribution >= 4 is 46.1 Å². The van der Waals surface area contributed by atoms with E-state index in [1.807, 2.05) is 6.92 Å². The number of nitrogens with zero attached hydrogens (tertiary/aromatic N) is 6. The van der Waals surface area contributed by atoms with Crippen LogP contribution < -0.4 is 16.0 Å². The largest absolute Gasteiger partial charge is 0.481 e. The van der Waals surface area contributed by atoms with Gasteiger partial charge in [0, 0.05) is 26.0 Å². The number of hydrogen-bond acceptors (Lipinski definition) is 9. The van der Waals surface area contributed by atoms with Gasteiger partial charge in [0.05, 0.1) is 46.3 Å². The Morgan fingerprint density at radius 3 is 2.62 bits per heavy atom. The Bertz CT molecular complexity index is 1510. The van der Waals surface area contributed by atoms with Crippen molar-refractivity contribution in [3.05, 3.63) is 53.7 Å². The molecule has 208 valence electrons. The summed E-state index contributed by atoms with van der Waals surface area (Å²) in [6.07, 6.45) is 12.1. The van der Waals surface area contributed by atoms with E-state index in [2.05, 4.69) is 41.0 Å². The molecule has 1 saturated carbocycles. The van der Waals surface area contributed by atoms with E-state index in [9.17, 15) is 9.59 Å². The first-order valence-electron chi connectivity index (χ1n) is 13.5. The molecular formula is C28H33N9O3. The van der Waals surface area contributed by atoms with Crippen LogP contribution in [0.2, 0.25) is 0 Å². The van der Waals surface area contributed by atoms with Crippen LogP contribution in [0, 0.1) is 12.8 Å². The quantitative estimate of drug-likeness (QED) is 0.227. The Morgan fingerprint density at radius 2 is 1.88 bits per heavy atom. The van der Waals surface area contributed by atoms with Crippen LogP contribution in [0.3, 0.4) is 0 Å². The van der Waals surface area contributed by atoms with Gasteiger partial charge in [0.1, 0.15) is 0 Å². The van der Waals surface area contributed by atoms with Gasteiger partial charge in [-0.3, -0.25) is 19.6 Å². The van der Waals surface area contributed by atoms with Crippen LogP contribution in [0.4, 0.5) is 23.1 Å². The number of carbonyl (C=O) groups excluding carboxylic acids is 1. The van der Waals surface area contributed by atoms with Crippen molar-refractivity contribution < 1.29 is 14.7 Å². The van der Waals surface area contributed by atoms with Crippen LogP contribution >= 0.6 is 0 Å². The molecule has 5 rings (SSSR count). The number of carboxylic acids is 1. The van der Waals surface area contributed by atoms with Gasteiger partial charge >= 0.3 is 5.97 Å². The SMILES string of the molecule is Cc1ncc(C(=O)NCCC2CCCCC2)cc1Nc1nn(C)c2nc(Nc3ccc(CC(=O)O)nc3)ncc12. The third-order valence-electron chi connectivity index (χ3n) is 7.16.